The molecule has 3 nitrogen and oxygen atoms in total. The summed E-state index contributed by atoms with van der Waals surface area (Å²) in [5.41, 5.74) is 1.23. The number of amidine groups is 1. The summed E-state index contributed by atoms with van der Waals surface area (Å²) >= 11 is 0. The van der Waals surface area contributed by atoms with Gasteiger partial charge < -0.3 is 4.90 Å². The first kappa shape index (κ1) is 10.1. The highest BCUT2D eigenvalue weighted by atomic mass is 15.2. The summed E-state index contributed by atoms with van der Waals surface area (Å²) in [6.07, 6.45) is 6.02. The van der Waals surface area contributed by atoms with Crippen molar-refractivity contribution in [1.82, 2.24) is 9.88 Å². The van der Waals surface area contributed by atoms with E-state index in [1.165, 1.54) is 18.4 Å². The third kappa shape index (κ3) is 2.55. The van der Waals surface area contributed by atoms with Crippen LogP contribution in [0.1, 0.15) is 25.3 Å². The van der Waals surface area contributed by atoms with E-state index in [1.54, 1.807) is 0 Å². The quantitative estimate of drug-likeness (QED) is 0.602. The molecule has 1 heterocycles. The van der Waals surface area contributed by atoms with E-state index in [2.05, 4.69) is 16.8 Å². The second-order valence-corrected chi connectivity index (χ2v) is 4.03. The summed E-state index contributed by atoms with van der Waals surface area (Å²) in [7, 11) is 0. The molecule has 0 aromatic carbocycles. The molecule has 0 saturated heterocycles. The predicted molar refractivity (Wildman–Crippen MR) is 60.8 cm³/mol. The van der Waals surface area contributed by atoms with E-state index in [-0.39, 0.29) is 0 Å². The van der Waals surface area contributed by atoms with Gasteiger partial charge in [0.05, 0.1) is 5.84 Å². The molecule has 15 heavy (non-hydrogen) atoms. The Morgan fingerprint density at radius 1 is 1.47 bits per heavy atom. The van der Waals surface area contributed by atoms with Crippen LogP contribution in [0.4, 0.5) is 0 Å². The maximum Gasteiger partial charge on any atom is 0.0992 e. The van der Waals surface area contributed by atoms with Crippen molar-refractivity contribution in [3.05, 3.63) is 30.1 Å². The fourth-order valence-electron chi connectivity index (χ4n) is 1.69. The van der Waals surface area contributed by atoms with E-state index in [0.717, 1.165) is 18.9 Å². The summed E-state index contributed by atoms with van der Waals surface area (Å²) < 4.78 is 0. The minimum atomic E-state index is 0.534. The van der Waals surface area contributed by atoms with Gasteiger partial charge in [-0.1, -0.05) is 0 Å². The highest BCUT2D eigenvalue weighted by Crippen LogP contribution is 2.31. The van der Waals surface area contributed by atoms with Crippen molar-refractivity contribution >= 4 is 5.84 Å². The van der Waals surface area contributed by atoms with Crippen molar-refractivity contribution in [2.75, 3.05) is 6.54 Å². The Balaban J connectivity index is 1.98. The lowest BCUT2D eigenvalue weighted by molar-refractivity contribution is 0.419. The lowest BCUT2D eigenvalue weighted by atomic mass is 10.2. The second kappa shape index (κ2) is 4.43. The van der Waals surface area contributed by atoms with Gasteiger partial charge in [0.25, 0.3) is 0 Å². The van der Waals surface area contributed by atoms with Crippen molar-refractivity contribution in [1.29, 1.82) is 5.41 Å². The van der Waals surface area contributed by atoms with Crippen molar-refractivity contribution in [2.45, 2.75) is 26.3 Å². The summed E-state index contributed by atoms with van der Waals surface area (Å²) in [5, 5.41) is 8.02. The van der Waals surface area contributed by atoms with Crippen LogP contribution < -0.4 is 0 Å². The third-order valence-corrected chi connectivity index (χ3v) is 2.81. The molecule has 80 valence electrons. The molecule has 1 aromatic rings. The predicted octanol–water partition coefficient (Wildman–Crippen LogP) is 2.29. The number of hydrogen-bond acceptors (Lipinski definition) is 2. The Hall–Kier alpha value is -1.38. The smallest absolute Gasteiger partial charge is 0.0992 e. The molecule has 0 amide bonds. The van der Waals surface area contributed by atoms with Gasteiger partial charge in [-0.05, 0) is 37.5 Å². The molecule has 1 aliphatic carbocycles. The van der Waals surface area contributed by atoms with Gasteiger partial charge in [-0.3, -0.25) is 10.4 Å². The summed E-state index contributed by atoms with van der Waals surface area (Å²) in [4.78, 5) is 6.14. The molecule has 1 aromatic heterocycles. The molecule has 2 rings (SSSR count). The number of nitrogens with one attached hydrogen (secondary N) is 1. The third-order valence-electron chi connectivity index (χ3n) is 2.81. The average molecular weight is 203 g/mol. The molecule has 1 N–H and O–H groups in total. The fourth-order valence-corrected chi connectivity index (χ4v) is 1.69. The molecule has 0 aliphatic heterocycles. The van der Waals surface area contributed by atoms with Crippen LogP contribution in [0.3, 0.4) is 0 Å². The van der Waals surface area contributed by atoms with Crippen LogP contribution in [0.5, 0.6) is 0 Å². The molecule has 1 aliphatic rings. The molecule has 0 bridgehead atoms. The van der Waals surface area contributed by atoms with Gasteiger partial charge in [-0.2, -0.15) is 0 Å². The van der Waals surface area contributed by atoms with E-state index in [4.69, 9.17) is 5.41 Å². The molecule has 1 saturated carbocycles. The number of hydrogen-bond donors (Lipinski definition) is 1. The van der Waals surface area contributed by atoms with Gasteiger partial charge in [0, 0.05) is 31.4 Å². The first-order chi connectivity index (χ1) is 7.31. The largest absolute Gasteiger partial charge is 0.356 e. The maximum atomic E-state index is 8.02. The average Bonchev–Trinajstić information content (AvgIpc) is 3.10. The first-order valence-electron chi connectivity index (χ1n) is 5.53. The standard InChI is InChI=1S/C12H17N3/c1-2-15(12(13)11-3-4-11)9-10-5-7-14-8-6-10/h5-8,11,13H,2-4,9H2,1H3. The fraction of sp³-hybridized carbons (Fsp3) is 0.500. The van der Waals surface area contributed by atoms with Crippen LogP contribution in [0, 0.1) is 11.3 Å². The van der Waals surface area contributed by atoms with Gasteiger partial charge in [-0.15, -0.1) is 0 Å². The minimum Gasteiger partial charge on any atom is -0.356 e. The van der Waals surface area contributed by atoms with E-state index >= 15 is 0 Å². The highest BCUT2D eigenvalue weighted by Gasteiger charge is 2.29. The van der Waals surface area contributed by atoms with Crippen LogP contribution in [0.25, 0.3) is 0 Å². The summed E-state index contributed by atoms with van der Waals surface area (Å²) in [5.74, 6) is 1.35. The van der Waals surface area contributed by atoms with E-state index in [0.29, 0.717) is 5.92 Å². The van der Waals surface area contributed by atoms with Crippen LogP contribution in [0.15, 0.2) is 24.5 Å². The summed E-state index contributed by atoms with van der Waals surface area (Å²) in [6, 6.07) is 4.03. The van der Waals surface area contributed by atoms with Crippen LogP contribution >= 0.6 is 0 Å². The van der Waals surface area contributed by atoms with Crippen LogP contribution in [-0.4, -0.2) is 22.3 Å². The zero-order chi connectivity index (χ0) is 10.7. The Morgan fingerprint density at radius 2 is 2.13 bits per heavy atom. The number of pyridine rings is 1. The van der Waals surface area contributed by atoms with Gasteiger partial charge >= 0.3 is 0 Å². The molecule has 3 heteroatoms. The van der Waals surface area contributed by atoms with E-state index in [1.807, 2.05) is 24.5 Å². The molecule has 0 spiro atoms. The number of nitrogens with zero attached hydrogens (tertiary/aromatic N) is 2. The van der Waals surface area contributed by atoms with Gasteiger partial charge in [0.15, 0.2) is 0 Å². The lowest BCUT2D eigenvalue weighted by Gasteiger charge is -2.23. The van der Waals surface area contributed by atoms with Gasteiger partial charge in [0.1, 0.15) is 0 Å². The molecule has 0 atom stereocenters. The molecule has 0 radical (unpaired) electrons. The molecular formula is C12H17N3. The maximum absolute atomic E-state index is 8.02. The van der Waals surface area contributed by atoms with Crippen LogP contribution in [0.2, 0.25) is 0 Å². The lowest BCUT2D eigenvalue weighted by Crippen LogP contribution is -2.30. The second-order valence-electron chi connectivity index (χ2n) is 4.03. The Labute approximate surface area is 90.6 Å². The molecular weight excluding hydrogens is 186 g/mol. The Kier molecular flexibility index (Phi) is 2.99. The number of rotatable bonds is 4. The highest BCUT2D eigenvalue weighted by molar-refractivity contribution is 5.83. The number of aromatic nitrogens is 1. The van der Waals surface area contributed by atoms with Crippen molar-refractivity contribution < 1.29 is 0 Å². The molecule has 1 fully saturated rings. The monoisotopic (exact) mass is 203 g/mol. The zero-order valence-electron chi connectivity index (χ0n) is 9.11. The molecule has 0 unspecified atom stereocenters. The normalized spacial score (nSPS) is 15.0. The van der Waals surface area contributed by atoms with E-state index in [9.17, 15) is 0 Å². The first-order valence-corrected chi connectivity index (χ1v) is 5.53. The van der Waals surface area contributed by atoms with Crippen LogP contribution in [-0.2, 0) is 6.54 Å². The summed E-state index contributed by atoms with van der Waals surface area (Å²) in [6.45, 7) is 3.87. The van der Waals surface area contributed by atoms with Crippen molar-refractivity contribution in [3.63, 3.8) is 0 Å². The topological polar surface area (TPSA) is 40.0 Å². The minimum absolute atomic E-state index is 0.534. The van der Waals surface area contributed by atoms with Crippen molar-refractivity contribution in [3.8, 4) is 0 Å². The van der Waals surface area contributed by atoms with Gasteiger partial charge in [0.2, 0.25) is 0 Å². The zero-order valence-corrected chi connectivity index (χ0v) is 9.11. The van der Waals surface area contributed by atoms with Crippen molar-refractivity contribution in [2.24, 2.45) is 5.92 Å². The van der Waals surface area contributed by atoms with E-state index < -0.39 is 0 Å². The Bertz CT molecular complexity index is 330. The Morgan fingerprint density at radius 3 is 2.67 bits per heavy atom. The SMILES string of the molecule is CCN(Cc1ccncc1)C(=N)C1CC1. The van der Waals surface area contributed by atoms with Gasteiger partial charge in [-0.25, -0.2) is 0 Å².